The summed E-state index contributed by atoms with van der Waals surface area (Å²) >= 11 is 0. The molecule has 0 bridgehead atoms. The third kappa shape index (κ3) is 1.09. The zero-order valence-corrected chi connectivity index (χ0v) is 8.68. The molecule has 2 aliphatic rings. The average molecular weight is 238 g/mol. The van der Waals surface area contributed by atoms with Gasteiger partial charge in [0.2, 0.25) is 11.5 Å². The minimum absolute atomic E-state index is 0.149. The van der Waals surface area contributed by atoms with Crippen molar-refractivity contribution in [3.8, 4) is 12.1 Å². The van der Waals surface area contributed by atoms with Crippen molar-refractivity contribution in [2.45, 2.75) is 0 Å². The van der Waals surface area contributed by atoms with E-state index >= 15 is 0 Å². The molecule has 0 N–H and O–H groups in total. The molecule has 3 rings (SSSR count). The molecule has 6 nitrogen and oxygen atoms in total. The number of nitriles is 2. The van der Waals surface area contributed by atoms with E-state index in [2.05, 4.69) is 0 Å². The van der Waals surface area contributed by atoms with Gasteiger partial charge in [-0.2, -0.15) is 10.5 Å². The van der Waals surface area contributed by atoms with Crippen LogP contribution in [0.3, 0.4) is 0 Å². The van der Waals surface area contributed by atoms with Gasteiger partial charge in [0, 0.05) is 10.4 Å². The first-order valence-electron chi connectivity index (χ1n) is 4.83. The molecule has 0 unspecified atom stereocenters. The topological polar surface area (TPSA) is 100 Å². The fourth-order valence-electron chi connectivity index (χ4n) is 1.88. The van der Waals surface area contributed by atoms with Crippen LogP contribution in [0.5, 0.6) is 0 Å². The van der Waals surface area contributed by atoms with Crippen LogP contribution in [-0.4, -0.2) is 11.9 Å². The molecule has 2 aliphatic heterocycles. The number of hydrogen-bond donors (Lipinski definition) is 0. The van der Waals surface area contributed by atoms with Gasteiger partial charge in [-0.1, -0.05) is 0 Å². The lowest BCUT2D eigenvalue weighted by Crippen LogP contribution is -2.19. The smallest absolute Gasteiger partial charge is 0.345 e. The Morgan fingerprint density at radius 3 is 1.56 bits per heavy atom. The maximum Gasteiger partial charge on any atom is 0.345 e. The summed E-state index contributed by atoms with van der Waals surface area (Å²) in [6.07, 6.45) is 0. The zero-order chi connectivity index (χ0) is 12.9. The second kappa shape index (κ2) is 3.19. The molecule has 0 aliphatic carbocycles. The molecule has 0 atom stereocenters. The normalized spacial score (nSPS) is 15.4. The quantitative estimate of drug-likeness (QED) is 0.553. The van der Waals surface area contributed by atoms with Gasteiger partial charge in [-0.3, -0.25) is 0 Å². The summed E-state index contributed by atoms with van der Waals surface area (Å²) in [5, 5.41) is 18.1. The Hall–Kier alpha value is -3.12. The summed E-state index contributed by atoms with van der Waals surface area (Å²) in [4.78, 5) is 23.0. The predicted molar refractivity (Wildman–Crippen MR) is 54.6 cm³/mol. The summed E-state index contributed by atoms with van der Waals surface area (Å²) in [5.41, 5.74) is 0.299. The molecule has 2 heterocycles. The lowest BCUT2D eigenvalue weighted by atomic mass is 10.1. The van der Waals surface area contributed by atoms with Crippen molar-refractivity contribution in [3.05, 3.63) is 33.7 Å². The van der Waals surface area contributed by atoms with Gasteiger partial charge < -0.3 is 9.47 Å². The number of nitrogens with zero attached hydrogens (tertiary/aromatic N) is 2. The molecule has 0 aromatic heterocycles. The van der Waals surface area contributed by atoms with E-state index in [4.69, 9.17) is 20.0 Å². The number of hydrogen-bond acceptors (Lipinski definition) is 6. The number of carbonyl (C=O) groups excluding carboxylic acids is 2. The summed E-state index contributed by atoms with van der Waals surface area (Å²) in [5.74, 6) is -1.67. The molecule has 1 aromatic carbocycles. The van der Waals surface area contributed by atoms with Crippen LogP contribution in [0.4, 0.5) is 0 Å². The van der Waals surface area contributed by atoms with Crippen molar-refractivity contribution in [3.63, 3.8) is 0 Å². The number of esters is 2. The molecular formula is C12H2N2O4. The van der Waals surface area contributed by atoms with E-state index in [0.29, 0.717) is 0 Å². The predicted octanol–water partition coefficient (Wildman–Crippen LogP) is -0.709. The van der Waals surface area contributed by atoms with Crippen molar-refractivity contribution in [2.75, 3.05) is 0 Å². The number of benzene rings is 1. The van der Waals surface area contributed by atoms with E-state index in [-0.39, 0.29) is 33.1 Å². The molecule has 0 spiro atoms. The first kappa shape index (κ1) is 10.1. The van der Waals surface area contributed by atoms with Crippen LogP contribution in [0.15, 0.2) is 12.1 Å². The fraction of sp³-hybridized carbons (Fsp3) is 0. The van der Waals surface area contributed by atoms with Gasteiger partial charge in [-0.05, 0) is 12.1 Å². The maximum atomic E-state index is 11.5. The molecule has 18 heavy (non-hydrogen) atoms. The molecule has 1 aromatic rings. The monoisotopic (exact) mass is 238 g/mol. The summed E-state index contributed by atoms with van der Waals surface area (Å²) in [6.45, 7) is 0. The number of carbonyl (C=O) groups is 2. The second-order valence-corrected chi connectivity index (χ2v) is 3.60. The van der Waals surface area contributed by atoms with Crippen molar-refractivity contribution in [1.29, 1.82) is 10.5 Å². The molecule has 0 radical (unpaired) electrons. The highest BCUT2D eigenvalue weighted by Gasteiger charge is 2.29. The minimum atomic E-state index is -0.680. The Kier molecular flexibility index (Phi) is 1.78. The number of cyclic esters (lactones) is 2. The average Bonchev–Trinajstić information content (AvgIpc) is 2.86. The first-order valence-corrected chi connectivity index (χ1v) is 4.83. The minimum Gasteiger partial charge on any atom is -0.411 e. The van der Waals surface area contributed by atoms with E-state index in [1.54, 1.807) is 12.1 Å². The first-order chi connectivity index (χ1) is 8.65. The van der Waals surface area contributed by atoms with E-state index in [1.165, 1.54) is 12.1 Å². The molecule has 0 amide bonds. The third-order valence-electron chi connectivity index (χ3n) is 2.68. The van der Waals surface area contributed by atoms with E-state index < -0.39 is 11.9 Å². The van der Waals surface area contributed by atoms with E-state index in [0.717, 1.165) is 0 Å². The maximum absolute atomic E-state index is 11.5. The van der Waals surface area contributed by atoms with Crippen molar-refractivity contribution >= 4 is 23.5 Å². The highest BCUT2D eigenvalue weighted by Crippen LogP contribution is 2.14. The number of ether oxygens (including phenoxy) is 2. The summed E-state index contributed by atoms with van der Waals surface area (Å²) in [6, 6.07) is 6.13. The Bertz CT molecular complexity index is 765. The second-order valence-electron chi connectivity index (χ2n) is 3.60. The molecule has 6 heteroatoms. The molecule has 0 fully saturated rings. The van der Waals surface area contributed by atoms with Gasteiger partial charge in [-0.15, -0.1) is 0 Å². The number of fused-ring (bicyclic) bond motifs is 2. The zero-order valence-electron chi connectivity index (χ0n) is 8.68. The Labute approximate surface area is 99.6 Å². The van der Waals surface area contributed by atoms with Gasteiger partial charge in [-0.25, -0.2) is 9.59 Å². The Morgan fingerprint density at radius 2 is 1.22 bits per heavy atom. The van der Waals surface area contributed by atoms with Crippen LogP contribution in [0.25, 0.3) is 11.5 Å². The summed E-state index contributed by atoms with van der Waals surface area (Å²) in [7, 11) is 0. The van der Waals surface area contributed by atoms with Crippen LogP contribution >= 0.6 is 0 Å². The SMILES string of the molecule is N#CC1=c2cc3c(cc2C(=O)O1)=C(C#N)OC3=O. The van der Waals surface area contributed by atoms with Gasteiger partial charge in [0.25, 0.3) is 0 Å². The van der Waals surface area contributed by atoms with E-state index in [9.17, 15) is 9.59 Å². The van der Waals surface area contributed by atoms with Crippen LogP contribution in [0.1, 0.15) is 20.7 Å². The third-order valence-corrected chi connectivity index (χ3v) is 2.68. The van der Waals surface area contributed by atoms with Gasteiger partial charge in [0.05, 0.1) is 11.1 Å². The van der Waals surface area contributed by atoms with Gasteiger partial charge in [0.15, 0.2) is 0 Å². The number of rotatable bonds is 0. The van der Waals surface area contributed by atoms with Crippen molar-refractivity contribution in [2.24, 2.45) is 0 Å². The Morgan fingerprint density at radius 1 is 0.833 bits per heavy atom. The molecule has 84 valence electrons. The highest BCUT2D eigenvalue weighted by molar-refractivity contribution is 6.02. The van der Waals surface area contributed by atoms with Gasteiger partial charge >= 0.3 is 11.9 Å². The lowest BCUT2D eigenvalue weighted by molar-refractivity contribution is 0.0701. The lowest BCUT2D eigenvalue weighted by Gasteiger charge is -1.91. The van der Waals surface area contributed by atoms with Crippen LogP contribution in [0, 0.1) is 22.7 Å². The van der Waals surface area contributed by atoms with Gasteiger partial charge in [0.1, 0.15) is 12.1 Å². The van der Waals surface area contributed by atoms with Crippen LogP contribution in [0.2, 0.25) is 0 Å². The molecule has 0 saturated carbocycles. The Balaban J connectivity index is 2.49. The molecule has 0 saturated heterocycles. The van der Waals surface area contributed by atoms with E-state index in [1.807, 2.05) is 0 Å². The summed E-state index contributed by atoms with van der Waals surface area (Å²) < 4.78 is 9.47. The van der Waals surface area contributed by atoms with Crippen LogP contribution < -0.4 is 10.4 Å². The van der Waals surface area contributed by atoms with Crippen molar-refractivity contribution in [1.82, 2.24) is 0 Å². The highest BCUT2D eigenvalue weighted by atomic mass is 16.5. The van der Waals surface area contributed by atoms with Crippen molar-refractivity contribution < 1.29 is 19.1 Å². The molecular weight excluding hydrogens is 236 g/mol. The standard InChI is InChI=1S/C12H2N2O4/c13-3-9-5-1-7-6(2-8(5)12(16)17-9)10(4-14)18-11(7)15/h1-2H. The fourth-order valence-corrected chi connectivity index (χ4v) is 1.88. The largest absolute Gasteiger partial charge is 0.411 e. The van der Waals surface area contributed by atoms with Crippen LogP contribution in [-0.2, 0) is 9.47 Å².